The first-order valence-electron chi connectivity index (χ1n) is 6.05. The van der Waals surface area contributed by atoms with Gasteiger partial charge in [-0.25, -0.2) is 8.42 Å². The summed E-state index contributed by atoms with van der Waals surface area (Å²) in [4.78, 5) is 12.1. The Morgan fingerprint density at radius 2 is 1.89 bits per heavy atom. The van der Waals surface area contributed by atoms with Crippen LogP contribution in [0, 0.1) is 0 Å². The van der Waals surface area contributed by atoms with Crippen LogP contribution in [0.3, 0.4) is 0 Å². The molecule has 1 amide bonds. The van der Waals surface area contributed by atoms with E-state index in [0.717, 1.165) is 6.42 Å². The maximum Gasteiger partial charge on any atom is 0.252 e. The summed E-state index contributed by atoms with van der Waals surface area (Å²) in [7, 11) is -3.38. The molecule has 18 heavy (non-hydrogen) atoms. The fourth-order valence-electron chi connectivity index (χ4n) is 1.48. The summed E-state index contributed by atoms with van der Waals surface area (Å²) in [5.41, 5.74) is 0.222. The van der Waals surface area contributed by atoms with Crippen LogP contribution in [0.25, 0.3) is 0 Å². The van der Waals surface area contributed by atoms with Gasteiger partial charge in [-0.15, -0.1) is 0 Å². The van der Waals surface area contributed by atoms with Crippen LogP contribution in [0.5, 0.6) is 0 Å². The van der Waals surface area contributed by atoms with E-state index in [1.54, 1.807) is 25.1 Å². The topological polar surface area (TPSA) is 63.2 Å². The van der Waals surface area contributed by atoms with E-state index in [1.165, 1.54) is 6.07 Å². The van der Waals surface area contributed by atoms with Gasteiger partial charge in [0.15, 0.2) is 9.84 Å². The lowest BCUT2D eigenvalue weighted by atomic mass is 10.2. The second kappa shape index (κ2) is 6.00. The molecule has 4 nitrogen and oxygen atoms in total. The number of rotatable bonds is 5. The molecule has 0 bridgehead atoms. The highest BCUT2D eigenvalue weighted by atomic mass is 32.2. The molecule has 0 aromatic heterocycles. The maximum absolute atomic E-state index is 12.0. The number of hydrogen-bond acceptors (Lipinski definition) is 3. The van der Waals surface area contributed by atoms with Crippen molar-refractivity contribution in [3.8, 4) is 0 Å². The van der Waals surface area contributed by atoms with Crippen LogP contribution in [-0.4, -0.2) is 26.1 Å². The highest BCUT2D eigenvalue weighted by Crippen LogP contribution is 2.17. The van der Waals surface area contributed by atoms with Crippen LogP contribution in [0.15, 0.2) is 29.2 Å². The Labute approximate surface area is 108 Å². The second-order valence-corrected chi connectivity index (χ2v) is 6.43. The predicted octanol–water partition coefficient (Wildman–Crippen LogP) is 2.01. The zero-order chi connectivity index (χ0) is 13.8. The van der Waals surface area contributed by atoms with Gasteiger partial charge in [-0.1, -0.05) is 26.0 Å². The predicted molar refractivity (Wildman–Crippen MR) is 71.4 cm³/mol. The number of benzene rings is 1. The Balaban J connectivity index is 3.14. The van der Waals surface area contributed by atoms with Crippen molar-refractivity contribution in [3.05, 3.63) is 29.8 Å². The smallest absolute Gasteiger partial charge is 0.252 e. The second-order valence-electron chi connectivity index (χ2n) is 4.18. The molecular weight excluding hydrogens is 250 g/mol. The summed E-state index contributed by atoms with van der Waals surface area (Å²) < 4.78 is 23.8. The lowest BCUT2D eigenvalue weighted by Crippen LogP contribution is -2.33. The zero-order valence-electron chi connectivity index (χ0n) is 10.9. The van der Waals surface area contributed by atoms with E-state index in [9.17, 15) is 13.2 Å². The van der Waals surface area contributed by atoms with E-state index in [-0.39, 0.29) is 28.2 Å². The molecule has 1 N–H and O–H groups in total. The lowest BCUT2D eigenvalue weighted by molar-refractivity contribution is 0.0936. The molecule has 1 atom stereocenters. The first-order chi connectivity index (χ1) is 8.42. The number of carbonyl (C=O) groups is 1. The van der Waals surface area contributed by atoms with Crippen molar-refractivity contribution in [1.82, 2.24) is 5.32 Å². The molecule has 1 aromatic carbocycles. The minimum Gasteiger partial charge on any atom is -0.350 e. The quantitative estimate of drug-likeness (QED) is 0.889. The Morgan fingerprint density at radius 1 is 1.28 bits per heavy atom. The fraction of sp³-hybridized carbons (Fsp3) is 0.462. The van der Waals surface area contributed by atoms with Gasteiger partial charge in [0.25, 0.3) is 5.91 Å². The molecule has 1 aromatic rings. The third-order valence-corrected chi connectivity index (χ3v) is 4.62. The minimum absolute atomic E-state index is 0.0133. The van der Waals surface area contributed by atoms with E-state index in [1.807, 2.05) is 13.8 Å². The first-order valence-corrected chi connectivity index (χ1v) is 7.70. The lowest BCUT2D eigenvalue weighted by Gasteiger charge is -2.13. The van der Waals surface area contributed by atoms with E-state index < -0.39 is 9.84 Å². The monoisotopic (exact) mass is 269 g/mol. The molecule has 0 aliphatic carbocycles. The molecule has 0 heterocycles. The Bertz CT molecular complexity index is 523. The summed E-state index contributed by atoms with van der Waals surface area (Å²) in [6.07, 6.45) is 0.800. The van der Waals surface area contributed by atoms with Gasteiger partial charge >= 0.3 is 0 Å². The summed E-state index contributed by atoms with van der Waals surface area (Å²) in [6, 6.07) is 6.34. The van der Waals surface area contributed by atoms with E-state index >= 15 is 0 Å². The molecule has 0 aliphatic heterocycles. The summed E-state index contributed by atoms with van der Waals surface area (Å²) in [6.45, 7) is 5.41. The normalized spacial score (nSPS) is 13.1. The number of nitrogens with one attached hydrogen (secondary N) is 1. The number of hydrogen-bond donors (Lipinski definition) is 1. The van der Waals surface area contributed by atoms with Crippen molar-refractivity contribution in [2.45, 2.75) is 38.1 Å². The van der Waals surface area contributed by atoms with Gasteiger partial charge in [-0.2, -0.15) is 0 Å². The standard InChI is InChI=1S/C13H19NO3S/c1-4-10(3)14-13(15)11-8-6-7-9-12(11)18(16,17)5-2/h6-10H,4-5H2,1-3H3,(H,14,15)/t10-/m0/s1. The zero-order valence-corrected chi connectivity index (χ0v) is 11.8. The number of sulfone groups is 1. The van der Waals surface area contributed by atoms with Crippen molar-refractivity contribution >= 4 is 15.7 Å². The molecule has 0 fully saturated rings. The Hall–Kier alpha value is -1.36. The van der Waals surface area contributed by atoms with E-state index in [4.69, 9.17) is 0 Å². The molecule has 100 valence electrons. The van der Waals surface area contributed by atoms with Crippen molar-refractivity contribution in [2.75, 3.05) is 5.75 Å². The van der Waals surface area contributed by atoms with Crippen LogP contribution >= 0.6 is 0 Å². The van der Waals surface area contributed by atoms with Gasteiger partial charge in [-0.3, -0.25) is 4.79 Å². The van der Waals surface area contributed by atoms with Gasteiger partial charge in [-0.05, 0) is 25.5 Å². The van der Waals surface area contributed by atoms with Crippen molar-refractivity contribution in [1.29, 1.82) is 0 Å². The molecule has 0 saturated carbocycles. The summed E-state index contributed by atoms with van der Waals surface area (Å²) in [5, 5.41) is 2.78. The van der Waals surface area contributed by atoms with Gasteiger partial charge in [0.2, 0.25) is 0 Å². The molecule has 1 rings (SSSR count). The van der Waals surface area contributed by atoms with Gasteiger partial charge in [0.05, 0.1) is 16.2 Å². The Kier molecular flexibility index (Phi) is 4.90. The van der Waals surface area contributed by atoms with Crippen LogP contribution in [-0.2, 0) is 9.84 Å². The molecule has 0 radical (unpaired) electrons. The molecule has 0 saturated heterocycles. The van der Waals surface area contributed by atoms with Crippen molar-refractivity contribution in [3.63, 3.8) is 0 Å². The Morgan fingerprint density at radius 3 is 2.44 bits per heavy atom. The molecule has 5 heteroatoms. The van der Waals surface area contributed by atoms with Crippen LogP contribution in [0.2, 0.25) is 0 Å². The van der Waals surface area contributed by atoms with Crippen molar-refractivity contribution in [2.24, 2.45) is 0 Å². The highest BCUT2D eigenvalue weighted by Gasteiger charge is 2.20. The summed E-state index contributed by atoms with van der Waals surface area (Å²) >= 11 is 0. The van der Waals surface area contributed by atoms with E-state index in [0.29, 0.717) is 0 Å². The molecule has 0 unspecified atom stereocenters. The third-order valence-electron chi connectivity index (χ3n) is 2.84. The first kappa shape index (κ1) is 14.7. The van der Waals surface area contributed by atoms with Crippen LogP contribution < -0.4 is 5.32 Å². The number of carbonyl (C=O) groups excluding carboxylic acids is 1. The average molecular weight is 269 g/mol. The van der Waals surface area contributed by atoms with Crippen molar-refractivity contribution < 1.29 is 13.2 Å². The van der Waals surface area contributed by atoms with Gasteiger partial charge in [0.1, 0.15) is 0 Å². The fourth-order valence-corrected chi connectivity index (χ4v) is 2.58. The minimum atomic E-state index is -3.38. The SMILES string of the molecule is CC[C@H](C)NC(=O)c1ccccc1S(=O)(=O)CC. The average Bonchev–Trinajstić information content (AvgIpc) is 2.38. The van der Waals surface area contributed by atoms with Crippen LogP contribution in [0.4, 0.5) is 0 Å². The summed E-state index contributed by atoms with van der Waals surface area (Å²) in [5.74, 6) is -0.349. The third kappa shape index (κ3) is 3.32. The van der Waals surface area contributed by atoms with E-state index in [2.05, 4.69) is 5.32 Å². The molecular formula is C13H19NO3S. The number of amides is 1. The van der Waals surface area contributed by atoms with Crippen LogP contribution in [0.1, 0.15) is 37.6 Å². The largest absolute Gasteiger partial charge is 0.350 e. The van der Waals surface area contributed by atoms with Gasteiger partial charge < -0.3 is 5.32 Å². The van der Waals surface area contributed by atoms with Gasteiger partial charge in [0, 0.05) is 6.04 Å². The molecule has 0 spiro atoms. The highest BCUT2D eigenvalue weighted by molar-refractivity contribution is 7.91. The maximum atomic E-state index is 12.0. The molecule has 0 aliphatic rings.